The van der Waals surface area contributed by atoms with Gasteiger partial charge in [0.2, 0.25) is 0 Å². The van der Waals surface area contributed by atoms with Gasteiger partial charge in [-0.05, 0) is 44.2 Å². The fourth-order valence-electron chi connectivity index (χ4n) is 3.69. The molecule has 0 aliphatic rings. The van der Waals surface area contributed by atoms with E-state index in [9.17, 15) is 9.59 Å². The molecule has 0 atom stereocenters. The monoisotopic (exact) mass is 403 g/mol. The molecule has 0 saturated heterocycles. The van der Waals surface area contributed by atoms with Gasteiger partial charge >= 0.3 is 0 Å². The Kier molecular flexibility index (Phi) is 5.72. The molecule has 0 aliphatic heterocycles. The van der Waals surface area contributed by atoms with Gasteiger partial charge in [-0.25, -0.2) is 9.97 Å². The molecular weight excluding hydrogens is 378 g/mol. The number of hydrogen-bond donors (Lipinski definition) is 1. The number of aromatic nitrogens is 4. The Balaban J connectivity index is 1.64. The highest BCUT2D eigenvalue weighted by Gasteiger charge is 2.13. The van der Waals surface area contributed by atoms with Gasteiger partial charge in [0.05, 0.1) is 23.1 Å². The minimum absolute atomic E-state index is 0.0826. The molecule has 7 heteroatoms. The number of unbranched alkanes of at least 4 members (excludes halogenated alkanes) is 1. The van der Waals surface area contributed by atoms with Gasteiger partial charge in [-0.3, -0.25) is 18.9 Å². The third-order valence-electron chi connectivity index (χ3n) is 5.18. The van der Waals surface area contributed by atoms with Crippen LogP contribution in [-0.2, 0) is 13.1 Å². The quantitative estimate of drug-likeness (QED) is 0.513. The lowest BCUT2D eigenvalue weighted by atomic mass is 10.2. The zero-order chi connectivity index (χ0) is 21.1. The Bertz CT molecular complexity index is 1310. The number of rotatable bonds is 7. The van der Waals surface area contributed by atoms with Gasteiger partial charge in [0, 0.05) is 18.3 Å². The van der Waals surface area contributed by atoms with Crippen LogP contribution in [0.25, 0.3) is 16.6 Å². The summed E-state index contributed by atoms with van der Waals surface area (Å²) in [5.41, 5.74) is 2.68. The normalized spacial score (nSPS) is 11.6. The van der Waals surface area contributed by atoms with Crippen LogP contribution in [0.1, 0.15) is 37.0 Å². The lowest BCUT2D eigenvalue weighted by Crippen LogP contribution is -2.28. The van der Waals surface area contributed by atoms with Crippen LogP contribution in [0, 0.1) is 6.92 Å². The number of benzene rings is 1. The average Bonchev–Trinajstić information content (AvgIpc) is 2.72. The first-order valence-corrected chi connectivity index (χ1v) is 10.2. The third kappa shape index (κ3) is 4.16. The molecule has 0 amide bonds. The Morgan fingerprint density at radius 1 is 1.03 bits per heavy atom. The molecule has 0 aliphatic carbocycles. The summed E-state index contributed by atoms with van der Waals surface area (Å²) in [6.07, 6.45) is 2.05. The summed E-state index contributed by atoms with van der Waals surface area (Å²) in [5.74, 6) is 0.614. The van der Waals surface area contributed by atoms with Crippen LogP contribution in [0.3, 0.4) is 0 Å². The van der Waals surface area contributed by atoms with Crippen molar-refractivity contribution in [3.8, 4) is 0 Å². The van der Waals surface area contributed by atoms with E-state index in [0.717, 1.165) is 25.1 Å². The molecular formula is C23H25N5O2. The Labute approximate surface area is 174 Å². The first-order valence-electron chi connectivity index (χ1n) is 10.2. The van der Waals surface area contributed by atoms with Crippen LogP contribution < -0.4 is 11.1 Å². The summed E-state index contributed by atoms with van der Waals surface area (Å²) in [6, 6.07) is 14.6. The molecule has 0 radical (unpaired) electrons. The van der Waals surface area contributed by atoms with E-state index < -0.39 is 0 Å². The summed E-state index contributed by atoms with van der Waals surface area (Å²) >= 11 is 0. The number of pyridine rings is 1. The zero-order valence-electron chi connectivity index (χ0n) is 17.3. The second kappa shape index (κ2) is 8.59. The minimum atomic E-state index is -0.136. The van der Waals surface area contributed by atoms with Gasteiger partial charge < -0.3 is 4.98 Å². The number of nitrogens with zero attached hydrogens (tertiary/aromatic N) is 4. The molecule has 7 nitrogen and oxygen atoms in total. The molecule has 4 aromatic rings. The van der Waals surface area contributed by atoms with E-state index >= 15 is 0 Å². The van der Waals surface area contributed by atoms with Gasteiger partial charge in [-0.15, -0.1) is 0 Å². The molecule has 0 unspecified atom stereocenters. The third-order valence-corrected chi connectivity index (χ3v) is 5.18. The number of hydrogen-bond acceptors (Lipinski definition) is 5. The Hall–Kier alpha value is -3.32. The van der Waals surface area contributed by atoms with E-state index in [0.29, 0.717) is 41.2 Å². The minimum Gasteiger partial charge on any atom is -0.309 e. The first kappa shape index (κ1) is 20.0. The van der Waals surface area contributed by atoms with E-state index in [1.807, 2.05) is 43.3 Å². The highest BCUT2D eigenvalue weighted by atomic mass is 16.1. The molecule has 0 saturated carbocycles. The van der Waals surface area contributed by atoms with Crippen molar-refractivity contribution < 1.29 is 0 Å². The van der Waals surface area contributed by atoms with Crippen LogP contribution in [0.2, 0.25) is 0 Å². The molecule has 0 spiro atoms. The van der Waals surface area contributed by atoms with E-state index in [1.54, 1.807) is 16.5 Å². The van der Waals surface area contributed by atoms with E-state index in [1.165, 1.54) is 0 Å². The van der Waals surface area contributed by atoms with Gasteiger partial charge in [0.25, 0.3) is 11.1 Å². The molecule has 0 bridgehead atoms. The average molecular weight is 403 g/mol. The lowest BCUT2D eigenvalue weighted by Gasteiger charge is -2.21. The fraction of sp³-hybridized carbons (Fsp3) is 0.304. The molecule has 3 heterocycles. The van der Waals surface area contributed by atoms with Crippen molar-refractivity contribution in [1.82, 2.24) is 24.3 Å². The maximum atomic E-state index is 12.6. The van der Waals surface area contributed by atoms with Gasteiger partial charge in [0.1, 0.15) is 11.5 Å². The fourth-order valence-corrected chi connectivity index (χ4v) is 3.69. The predicted octanol–water partition coefficient (Wildman–Crippen LogP) is 3.04. The molecule has 4 rings (SSSR count). The van der Waals surface area contributed by atoms with Gasteiger partial charge in [-0.1, -0.05) is 31.5 Å². The van der Waals surface area contributed by atoms with E-state index in [4.69, 9.17) is 0 Å². The highest BCUT2D eigenvalue weighted by molar-refractivity contribution is 5.77. The summed E-state index contributed by atoms with van der Waals surface area (Å²) in [5, 5.41) is 0.584. The van der Waals surface area contributed by atoms with Crippen molar-refractivity contribution in [1.29, 1.82) is 0 Å². The number of aryl methyl sites for hydroxylation is 1. The highest BCUT2D eigenvalue weighted by Crippen LogP contribution is 2.11. The van der Waals surface area contributed by atoms with E-state index in [2.05, 4.69) is 26.8 Å². The number of nitrogens with one attached hydrogen (secondary N) is 1. The van der Waals surface area contributed by atoms with Crippen molar-refractivity contribution in [3.05, 3.63) is 86.5 Å². The molecule has 1 aromatic carbocycles. The maximum Gasteiger partial charge on any atom is 0.258 e. The first-order chi connectivity index (χ1) is 14.5. The van der Waals surface area contributed by atoms with Gasteiger partial charge in [0.15, 0.2) is 0 Å². The van der Waals surface area contributed by atoms with Crippen molar-refractivity contribution in [3.63, 3.8) is 0 Å². The van der Waals surface area contributed by atoms with E-state index in [-0.39, 0.29) is 11.1 Å². The van der Waals surface area contributed by atoms with Crippen LogP contribution in [0.15, 0.2) is 58.1 Å². The standard InChI is InChI=1S/C23H25N5O2/c1-3-4-12-27(15-20-25-19-10-6-5-9-18(19)23(30)26-20)14-17-13-22(29)28-16(2)8-7-11-21(28)24-17/h5-11,13H,3-4,12,14-15H2,1-2H3,(H,25,26,30). The lowest BCUT2D eigenvalue weighted by molar-refractivity contribution is 0.243. The summed E-state index contributed by atoms with van der Waals surface area (Å²) in [7, 11) is 0. The van der Waals surface area contributed by atoms with Crippen LogP contribution in [0.5, 0.6) is 0 Å². The number of para-hydroxylation sites is 1. The summed E-state index contributed by atoms with van der Waals surface area (Å²) < 4.78 is 1.61. The van der Waals surface area contributed by atoms with Crippen LogP contribution in [-0.4, -0.2) is 30.8 Å². The van der Waals surface area contributed by atoms with Crippen molar-refractivity contribution in [2.45, 2.75) is 39.8 Å². The molecule has 1 N–H and O–H groups in total. The Morgan fingerprint density at radius 2 is 1.87 bits per heavy atom. The molecule has 30 heavy (non-hydrogen) atoms. The topological polar surface area (TPSA) is 83.4 Å². The maximum absolute atomic E-state index is 12.6. The predicted molar refractivity (Wildman–Crippen MR) is 118 cm³/mol. The Morgan fingerprint density at radius 3 is 2.70 bits per heavy atom. The van der Waals surface area contributed by atoms with Gasteiger partial charge in [-0.2, -0.15) is 0 Å². The number of aromatic amines is 1. The molecule has 154 valence electrons. The SMILES string of the molecule is CCCCN(Cc1cc(=O)n2c(C)cccc2n1)Cc1nc2ccccc2c(=O)[nH]1. The van der Waals surface area contributed by atoms with Crippen LogP contribution in [0.4, 0.5) is 0 Å². The largest absolute Gasteiger partial charge is 0.309 e. The second-order valence-electron chi connectivity index (χ2n) is 7.54. The summed E-state index contributed by atoms with van der Waals surface area (Å²) in [4.78, 5) is 39.4. The number of fused-ring (bicyclic) bond motifs is 2. The van der Waals surface area contributed by atoms with Crippen molar-refractivity contribution in [2.24, 2.45) is 0 Å². The smallest absolute Gasteiger partial charge is 0.258 e. The van der Waals surface area contributed by atoms with Crippen molar-refractivity contribution in [2.75, 3.05) is 6.54 Å². The second-order valence-corrected chi connectivity index (χ2v) is 7.54. The summed E-state index contributed by atoms with van der Waals surface area (Å²) in [6.45, 7) is 5.84. The van der Waals surface area contributed by atoms with Crippen LogP contribution >= 0.6 is 0 Å². The van der Waals surface area contributed by atoms with Crippen molar-refractivity contribution >= 4 is 16.6 Å². The zero-order valence-corrected chi connectivity index (χ0v) is 17.3. The molecule has 3 aromatic heterocycles. The molecule has 0 fully saturated rings. The number of H-pyrrole nitrogens is 1.